The molecule has 0 fully saturated rings. The first-order chi connectivity index (χ1) is 7.54. The molecule has 3 nitrogen and oxygen atoms in total. The van der Waals surface area contributed by atoms with Gasteiger partial charge in [0.1, 0.15) is 0 Å². The molecule has 4 heteroatoms. The van der Waals surface area contributed by atoms with Crippen molar-refractivity contribution in [2.45, 2.75) is 26.7 Å². The fourth-order valence-electron chi connectivity index (χ4n) is 1.45. The molecule has 0 saturated heterocycles. The van der Waals surface area contributed by atoms with Gasteiger partial charge in [-0.05, 0) is 31.0 Å². The van der Waals surface area contributed by atoms with Crippen LogP contribution in [0.2, 0.25) is 5.02 Å². The molecule has 1 amide bonds. The van der Waals surface area contributed by atoms with Crippen LogP contribution in [-0.2, 0) is 4.79 Å². The van der Waals surface area contributed by atoms with Gasteiger partial charge >= 0.3 is 0 Å². The second-order valence-electron chi connectivity index (χ2n) is 3.64. The van der Waals surface area contributed by atoms with Gasteiger partial charge in [0.05, 0.1) is 16.8 Å². The lowest BCUT2D eigenvalue weighted by molar-refractivity contribution is -0.116. The van der Waals surface area contributed by atoms with Crippen molar-refractivity contribution >= 4 is 23.2 Å². The van der Waals surface area contributed by atoms with E-state index in [0.29, 0.717) is 10.7 Å². The SMILES string of the molecule is Cc1cc(C)c(NC(=O)CCC#N)c(Cl)c1. The first kappa shape index (κ1) is 12.5. The summed E-state index contributed by atoms with van der Waals surface area (Å²) in [4.78, 5) is 11.4. The molecule has 0 aliphatic heterocycles. The maximum absolute atomic E-state index is 11.4. The van der Waals surface area contributed by atoms with E-state index >= 15 is 0 Å². The maximum atomic E-state index is 11.4. The molecule has 1 aromatic rings. The first-order valence-electron chi connectivity index (χ1n) is 4.98. The van der Waals surface area contributed by atoms with E-state index < -0.39 is 0 Å². The van der Waals surface area contributed by atoms with Gasteiger partial charge < -0.3 is 5.32 Å². The van der Waals surface area contributed by atoms with Gasteiger partial charge in [0.25, 0.3) is 0 Å². The van der Waals surface area contributed by atoms with Crippen LogP contribution < -0.4 is 5.32 Å². The number of hydrogen-bond donors (Lipinski definition) is 1. The van der Waals surface area contributed by atoms with E-state index in [9.17, 15) is 4.79 Å². The zero-order chi connectivity index (χ0) is 12.1. The molecule has 84 valence electrons. The highest BCUT2D eigenvalue weighted by atomic mass is 35.5. The Hall–Kier alpha value is -1.53. The van der Waals surface area contributed by atoms with Crippen LogP contribution >= 0.6 is 11.6 Å². The number of nitrogens with one attached hydrogen (secondary N) is 1. The van der Waals surface area contributed by atoms with Crippen molar-refractivity contribution in [1.82, 2.24) is 0 Å². The van der Waals surface area contributed by atoms with E-state index in [1.54, 1.807) is 6.07 Å². The third-order valence-corrected chi connectivity index (χ3v) is 2.46. The third kappa shape index (κ3) is 3.25. The van der Waals surface area contributed by atoms with E-state index in [1.807, 2.05) is 26.0 Å². The highest BCUT2D eigenvalue weighted by Gasteiger charge is 2.08. The van der Waals surface area contributed by atoms with Crippen LogP contribution in [-0.4, -0.2) is 5.91 Å². The fraction of sp³-hybridized carbons (Fsp3) is 0.333. The van der Waals surface area contributed by atoms with E-state index in [1.165, 1.54) is 0 Å². The molecular formula is C12H13ClN2O. The van der Waals surface area contributed by atoms with Crippen LogP contribution in [0, 0.1) is 25.2 Å². The minimum atomic E-state index is -0.185. The molecule has 0 aromatic heterocycles. The highest BCUT2D eigenvalue weighted by molar-refractivity contribution is 6.34. The minimum Gasteiger partial charge on any atom is -0.325 e. The molecule has 0 heterocycles. The lowest BCUT2D eigenvalue weighted by atomic mass is 10.1. The molecule has 0 aliphatic rings. The van der Waals surface area contributed by atoms with Gasteiger partial charge in [0, 0.05) is 12.8 Å². The Morgan fingerprint density at radius 3 is 2.75 bits per heavy atom. The van der Waals surface area contributed by atoms with Crippen LogP contribution in [0.3, 0.4) is 0 Å². The Morgan fingerprint density at radius 2 is 2.19 bits per heavy atom. The number of carbonyl (C=O) groups is 1. The molecule has 0 saturated carbocycles. The lowest BCUT2D eigenvalue weighted by Crippen LogP contribution is -2.12. The molecular weight excluding hydrogens is 224 g/mol. The van der Waals surface area contributed by atoms with Crippen LogP contribution in [0.4, 0.5) is 5.69 Å². The summed E-state index contributed by atoms with van der Waals surface area (Å²) in [6.45, 7) is 3.83. The Morgan fingerprint density at radius 1 is 1.50 bits per heavy atom. The summed E-state index contributed by atoms with van der Waals surface area (Å²) in [6, 6.07) is 5.68. The van der Waals surface area contributed by atoms with E-state index in [-0.39, 0.29) is 18.7 Å². The number of amides is 1. The van der Waals surface area contributed by atoms with Crippen molar-refractivity contribution in [1.29, 1.82) is 5.26 Å². The third-order valence-electron chi connectivity index (χ3n) is 2.16. The maximum Gasteiger partial charge on any atom is 0.225 e. The molecule has 1 rings (SSSR count). The Bertz CT molecular complexity index is 426. The Labute approximate surface area is 100 Å². The Balaban J connectivity index is 2.82. The van der Waals surface area contributed by atoms with Crippen LogP contribution in [0.15, 0.2) is 12.1 Å². The van der Waals surface area contributed by atoms with Crippen molar-refractivity contribution in [2.24, 2.45) is 0 Å². The average molecular weight is 237 g/mol. The number of rotatable bonds is 3. The molecule has 0 spiro atoms. The van der Waals surface area contributed by atoms with Crippen LogP contribution in [0.5, 0.6) is 0 Å². The molecule has 1 aromatic carbocycles. The molecule has 0 aliphatic carbocycles. The van der Waals surface area contributed by atoms with Crippen molar-refractivity contribution in [3.05, 3.63) is 28.3 Å². The summed E-state index contributed by atoms with van der Waals surface area (Å²) in [5.74, 6) is -0.185. The molecule has 0 atom stereocenters. The lowest BCUT2D eigenvalue weighted by Gasteiger charge is -2.10. The van der Waals surface area contributed by atoms with Gasteiger partial charge in [0.15, 0.2) is 0 Å². The van der Waals surface area contributed by atoms with Crippen LogP contribution in [0.1, 0.15) is 24.0 Å². The van der Waals surface area contributed by atoms with Crippen molar-refractivity contribution in [3.8, 4) is 6.07 Å². The molecule has 0 bridgehead atoms. The zero-order valence-electron chi connectivity index (χ0n) is 9.30. The highest BCUT2D eigenvalue weighted by Crippen LogP contribution is 2.27. The van der Waals surface area contributed by atoms with Gasteiger partial charge in [0.2, 0.25) is 5.91 Å². The summed E-state index contributed by atoms with van der Waals surface area (Å²) >= 11 is 6.03. The Kier molecular flexibility index (Phi) is 4.33. The van der Waals surface area contributed by atoms with Crippen molar-refractivity contribution < 1.29 is 4.79 Å². The van der Waals surface area contributed by atoms with E-state index in [0.717, 1.165) is 11.1 Å². The van der Waals surface area contributed by atoms with Gasteiger partial charge in [-0.1, -0.05) is 17.7 Å². The monoisotopic (exact) mass is 236 g/mol. The number of benzene rings is 1. The van der Waals surface area contributed by atoms with E-state index in [4.69, 9.17) is 16.9 Å². The normalized spacial score (nSPS) is 9.62. The minimum absolute atomic E-state index is 0.185. The van der Waals surface area contributed by atoms with Crippen molar-refractivity contribution in [3.63, 3.8) is 0 Å². The number of nitriles is 1. The quantitative estimate of drug-likeness (QED) is 0.876. The molecule has 16 heavy (non-hydrogen) atoms. The van der Waals surface area contributed by atoms with Gasteiger partial charge in [-0.25, -0.2) is 0 Å². The second-order valence-corrected chi connectivity index (χ2v) is 4.05. The zero-order valence-corrected chi connectivity index (χ0v) is 10.1. The number of anilines is 1. The standard InChI is InChI=1S/C12H13ClN2O/c1-8-6-9(2)12(10(13)7-8)15-11(16)4-3-5-14/h6-7H,3-4H2,1-2H3,(H,15,16). The molecule has 1 N–H and O–H groups in total. The summed E-state index contributed by atoms with van der Waals surface area (Å²) in [5, 5.41) is 11.6. The fourth-order valence-corrected chi connectivity index (χ4v) is 1.81. The topological polar surface area (TPSA) is 52.9 Å². The predicted octanol–water partition coefficient (Wildman–Crippen LogP) is 3.20. The number of nitrogens with zero attached hydrogens (tertiary/aromatic N) is 1. The van der Waals surface area contributed by atoms with Gasteiger partial charge in [-0.2, -0.15) is 5.26 Å². The summed E-state index contributed by atoms with van der Waals surface area (Å²) in [6.07, 6.45) is 0.411. The average Bonchev–Trinajstić information content (AvgIpc) is 2.20. The second kappa shape index (κ2) is 5.53. The smallest absolute Gasteiger partial charge is 0.225 e. The largest absolute Gasteiger partial charge is 0.325 e. The van der Waals surface area contributed by atoms with Gasteiger partial charge in [-0.15, -0.1) is 0 Å². The summed E-state index contributed by atoms with van der Waals surface area (Å²) in [7, 11) is 0. The van der Waals surface area contributed by atoms with Crippen molar-refractivity contribution in [2.75, 3.05) is 5.32 Å². The number of hydrogen-bond acceptors (Lipinski definition) is 2. The molecule has 0 unspecified atom stereocenters. The number of halogens is 1. The predicted molar refractivity (Wildman–Crippen MR) is 64.4 cm³/mol. The summed E-state index contributed by atoms with van der Waals surface area (Å²) < 4.78 is 0. The van der Waals surface area contributed by atoms with Gasteiger partial charge in [-0.3, -0.25) is 4.79 Å². The summed E-state index contributed by atoms with van der Waals surface area (Å²) in [5.41, 5.74) is 2.61. The molecule has 0 radical (unpaired) electrons. The number of carbonyl (C=O) groups excluding carboxylic acids is 1. The first-order valence-corrected chi connectivity index (χ1v) is 5.36. The number of aryl methyl sites for hydroxylation is 2. The van der Waals surface area contributed by atoms with Crippen LogP contribution in [0.25, 0.3) is 0 Å². The van der Waals surface area contributed by atoms with E-state index in [2.05, 4.69) is 5.32 Å².